The van der Waals surface area contributed by atoms with Crippen LogP contribution in [0.4, 0.5) is 0 Å². The number of allylic oxidation sites excluding steroid dienone is 1. The van der Waals surface area contributed by atoms with Crippen molar-refractivity contribution in [3.8, 4) is 0 Å². The van der Waals surface area contributed by atoms with E-state index >= 15 is 0 Å². The van der Waals surface area contributed by atoms with E-state index in [-0.39, 0.29) is 18.0 Å². The summed E-state index contributed by atoms with van der Waals surface area (Å²) in [6.45, 7) is 9.06. The molecule has 39 heavy (non-hydrogen) atoms. The van der Waals surface area contributed by atoms with Crippen LogP contribution in [0.5, 0.6) is 0 Å². The number of esters is 2. The summed E-state index contributed by atoms with van der Waals surface area (Å²) in [4.78, 5) is 24.2. The van der Waals surface area contributed by atoms with Crippen molar-refractivity contribution in [3.05, 3.63) is 12.2 Å². The lowest BCUT2D eigenvalue weighted by Crippen LogP contribution is -2.19. The van der Waals surface area contributed by atoms with Crippen LogP contribution in [0.25, 0.3) is 0 Å². The van der Waals surface area contributed by atoms with Gasteiger partial charge < -0.3 is 14.8 Å². The molecule has 0 aromatic heterocycles. The zero-order valence-corrected chi connectivity index (χ0v) is 26.2. The fraction of sp³-hybridized carbons (Fsp3) is 0.882. The standard InChI is InChI=1S/C34H65NO4/c1-4-7-10-13-14-15-24-31-38-33(36)27-20-16-22-29-35-30-23-17-21-28-34(37)39-32(25-18-11-8-5-2)26-19-12-9-6-3/h15,24,32,35H,4-14,16-23,25-31H2,1-3H3/b24-15-. The molecule has 0 aromatic carbocycles. The summed E-state index contributed by atoms with van der Waals surface area (Å²) < 4.78 is 11.1. The van der Waals surface area contributed by atoms with Gasteiger partial charge in [0.2, 0.25) is 0 Å². The maximum atomic E-state index is 12.4. The molecule has 0 atom stereocenters. The normalized spacial score (nSPS) is 11.5. The van der Waals surface area contributed by atoms with Gasteiger partial charge in [-0.3, -0.25) is 9.59 Å². The Labute approximate surface area is 242 Å². The molecule has 0 saturated carbocycles. The van der Waals surface area contributed by atoms with Crippen LogP contribution in [-0.2, 0) is 19.1 Å². The van der Waals surface area contributed by atoms with Gasteiger partial charge in [-0.25, -0.2) is 0 Å². The molecule has 0 aliphatic carbocycles. The molecule has 0 unspecified atom stereocenters. The number of carbonyl (C=O) groups is 2. The second-order valence-corrected chi connectivity index (χ2v) is 11.2. The van der Waals surface area contributed by atoms with Crippen molar-refractivity contribution in [1.82, 2.24) is 5.32 Å². The Hall–Kier alpha value is -1.36. The first kappa shape index (κ1) is 37.6. The van der Waals surface area contributed by atoms with Gasteiger partial charge in [0.15, 0.2) is 0 Å². The van der Waals surface area contributed by atoms with Gasteiger partial charge in [-0.2, -0.15) is 0 Å². The molecular weight excluding hydrogens is 486 g/mol. The van der Waals surface area contributed by atoms with E-state index in [1.165, 1.54) is 77.0 Å². The minimum absolute atomic E-state index is 0.00380. The van der Waals surface area contributed by atoms with Crippen LogP contribution in [0.3, 0.4) is 0 Å². The lowest BCUT2D eigenvalue weighted by Gasteiger charge is -2.18. The zero-order valence-electron chi connectivity index (χ0n) is 26.2. The van der Waals surface area contributed by atoms with Crippen LogP contribution < -0.4 is 5.32 Å². The van der Waals surface area contributed by atoms with Gasteiger partial charge in [0.05, 0.1) is 0 Å². The summed E-state index contributed by atoms with van der Waals surface area (Å²) in [6.07, 6.45) is 29.4. The molecule has 0 bridgehead atoms. The molecule has 0 aromatic rings. The highest BCUT2D eigenvalue weighted by atomic mass is 16.5. The van der Waals surface area contributed by atoms with E-state index < -0.39 is 0 Å². The summed E-state index contributed by atoms with van der Waals surface area (Å²) in [7, 11) is 0. The molecule has 0 saturated heterocycles. The second-order valence-electron chi connectivity index (χ2n) is 11.2. The molecule has 0 spiro atoms. The van der Waals surface area contributed by atoms with Gasteiger partial charge in [-0.15, -0.1) is 0 Å². The van der Waals surface area contributed by atoms with Gasteiger partial charge >= 0.3 is 11.9 Å². The average Bonchev–Trinajstić information content (AvgIpc) is 2.93. The van der Waals surface area contributed by atoms with Crippen LogP contribution in [0.1, 0.15) is 168 Å². The average molecular weight is 552 g/mol. The van der Waals surface area contributed by atoms with Crippen molar-refractivity contribution in [2.24, 2.45) is 0 Å². The number of hydrogen-bond donors (Lipinski definition) is 1. The number of carbonyl (C=O) groups excluding carboxylic acids is 2. The Kier molecular flexibility index (Phi) is 30.1. The minimum atomic E-state index is -0.0866. The number of nitrogens with one attached hydrogen (secondary N) is 1. The van der Waals surface area contributed by atoms with E-state index in [9.17, 15) is 9.59 Å². The van der Waals surface area contributed by atoms with Gasteiger partial charge in [0.25, 0.3) is 0 Å². The fourth-order valence-electron chi connectivity index (χ4n) is 4.71. The van der Waals surface area contributed by atoms with Gasteiger partial charge in [-0.05, 0) is 77.3 Å². The lowest BCUT2D eigenvalue weighted by molar-refractivity contribution is -0.150. The monoisotopic (exact) mass is 551 g/mol. The van der Waals surface area contributed by atoms with E-state index in [2.05, 4.69) is 32.2 Å². The summed E-state index contributed by atoms with van der Waals surface area (Å²) in [5.41, 5.74) is 0. The molecule has 0 heterocycles. The predicted molar refractivity (Wildman–Crippen MR) is 166 cm³/mol. The quantitative estimate of drug-likeness (QED) is 0.0547. The highest BCUT2D eigenvalue weighted by Crippen LogP contribution is 2.17. The molecule has 0 rings (SSSR count). The topological polar surface area (TPSA) is 64.6 Å². The van der Waals surface area contributed by atoms with Crippen LogP contribution in [-0.4, -0.2) is 37.7 Å². The first-order chi connectivity index (χ1) is 19.1. The fourth-order valence-corrected chi connectivity index (χ4v) is 4.71. The minimum Gasteiger partial charge on any atom is -0.462 e. The third-order valence-electron chi connectivity index (χ3n) is 7.26. The smallest absolute Gasteiger partial charge is 0.306 e. The third kappa shape index (κ3) is 29.4. The molecule has 0 radical (unpaired) electrons. The molecule has 5 nitrogen and oxygen atoms in total. The van der Waals surface area contributed by atoms with Gasteiger partial charge in [0.1, 0.15) is 12.7 Å². The first-order valence-corrected chi connectivity index (χ1v) is 16.8. The molecule has 5 heteroatoms. The SMILES string of the molecule is CCCCCC/C=C\COC(=O)CCCCCNCCCCCC(=O)OC(CCCCCC)CCCCCC. The first-order valence-electron chi connectivity index (χ1n) is 16.8. The number of unbranched alkanes of at least 4 members (excludes halogenated alkanes) is 14. The van der Waals surface area contributed by atoms with E-state index in [4.69, 9.17) is 9.47 Å². The number of rotatable bonds is 30. The van der Waals surface area contributed by atoms with Crippen molar-refractivity contribution >= 4 is 11.9 Å². The lowest BCUT2D eigenvalue weighted by atomic mass is 10.0. The Balaban J connectivity index is 3.64. The van der Waals surface area contributed by atoms with Crippen molar-refractivity contribution in [2.75, 3.05) is 19.7 Å². The summed E-state index contributed by atoms with van der Waals surface area (Å²) >= 11 is 0. The van der Waals surface area contributed by atoms with E-state index in [0.717, 1.165) is 70.9 Å². The zero-order chi connectivity index (χ0) is 28.7. The van der Waals surface area contributed by atoms with Crippen molar-refractivity contribution in [3.63, 3.8) is 0 Å². The number of ether oxygens (including phenoxy) is 2. The van der Waals surface area contributed by atoms with Gasteiger partial charge in [-0.1, -0.05) is 104 Å². The number of hydrogen-bond acceptors (Lipinski definition) is 5. The van der Waals surface area contributed by atoms with E-state index in [1.807, 2.05) is 6.08 Å². The summed E-state index contributed by atoms with van der Waals surface area (Å²) in [6, 6.07) is 0. The molecule has 0 aliphatic rings. The molecule has 230 valence electrons. The summed E-state index contributed by atoms with van der Waals surface area (Å²) in [5, 5.41) is 3.49. The van der Waals surface area contributed by atoms with Gasteiger partial charge in [0, 0.05) is 12.8 Å². The highest BCUT2D eigenvalue weighted by Gasteiger charge is 2.14. The van der Waals surface area contributed by atoms with E-state index in [1.54, 1.807) is 0 Å². The Morgan fingerprint density at radius 1 is 0.590 bits per heavy atom. The maximum Gasteiger partial charge on any atom is 0.306 e. The molecule has 1 N–H and O–H groups in total. The van der Waals surface area contributed by atoms with Crippen molar-refractivity contribution in [1.29, 1.82) is 0 Å². The highest BCUT2D eigenvalue weighted by molar-refractivity contribution is 5.69. The van der Waals surface area contributed by atoms with E-state index in [0.29, 0.717) is 19.4 Å². The Bertz CT molecular complexity index is 551. The van der Waals surface area contributed by atoms with Crippen LogP contribution in [0.15, 0.2) is 12.2 Å². The Morgan fingerprint density at radius 2 is 1.10 bits per heavy atom. The van der Waals surface area contributed by atoms with Crippen LogP contribution in [0.2, 0.25) is 0 Å². The maximum absolute atomic E-state index is 12.4. The molecule has 0 fully saturated rings. The third-order valence-corrected chi connectivity index (χ3v) is 7.26. The second kappa shape index (κ2) is 31.2. The largest absolute Gasteiger partial charge is 0.462 e. The predicted octanol–water partition coefficient (Wildman–Crippen LogP) is 9.62. The summed E-state index contributed by atoms with van der Waals surface area (Å²) in [5.74, 6) is -0.0904. The molecule has 0 aliphatic heterocycles. The van der Waals surface area contributed by atoms with Crippen LogP contribution in [0, 0.1) is 0 Å². The molecular formula is C34H65NO4. The van der Waals surface area contributed by atoms with Crippen molar-refractivity contribution in [2.45, 2.75) is 175 Å². The Morgan fingerprint density at radius 3 is 1.67 bits per heavy atom. The van der Waals surface area contributed by atoms with Crippen LogP contribution >= 0.6 is 0 Å². The molecule has 0 amide bonds. The van der Waals surface area contributed by atoms with Crippen molar-refractivity contribution < 1.29 is 19.1 Å².